The van der Waals surface area contributed by atoms with E-state index in [4.69, 9.17) is 10.5 Å². The van der Waals surface area contributed by atoms with Crippen LogP contribution in [0.4, 0.5) is 0 Å². The highest BCUT2D eigenvalue weighted by atomic mass is 35.5. The summed E-state index contributed by atoms with van der Waals surface area (Å²) in [5, 5.41) is 2.80. The Labute approximate surface area is 161 Å². The number of likely N-dealkylation sites (tertiary alicyclic amines) is 1. The highest BCUT2D eigenvalue weighted by molar-refractivity contribution is 5.85. The van der Waals surface area contributed by atoms with Crippen LogP contribution in [-0.4, -0.2) is 49.5 Å². The number of nitrogens with zero attached hydrogens (tertiary/aromatic N) is 1. The maximum Gasteiger partial charge on any atom is 0.260 e. The third-order valence-electron chi connectivity index (χ3n) is 4.50. The summed E-state index contributed by atoms with van der Waals surface area (Å²) in [5.41, 5.74) is 6.64. The normalized spacial score (nSPS) is 16.8. The Bertz CT molecular complexity index is 578. The largest absolute Gasteiger partial charge is 0.484 e. The Kier molecular flexibility index (Phi) is 9.44. The lowest BCUT2D eigenvalue weighted by Gasteiger charge is -2.32. The fraction of sp³-hybridized carbons (Fsp3) is 0.579. The average molecular weight is 384 g/mol. The van der Waals surface area contributed by atoms with Gasteiger partial charge in [0, 0.05) is 26.2 Å². The number of hydrogen-bond acceptors (Lipinski definition) is 4. The van der Waals surface area contributed by atoms with E-state index in [1.54, 1.807) is 4.90 Å². The lowest BCUT2D eigenvalue weighted by molar-refractivity contribution is -0.137. The highest BCUT2D eigenvalue weighted by Crippen LogP contribution is 2.20. The molecule has 6 nitrogen and oxygen atoms in total. The number of carbonyl (C=O) groups excluding carboxylic acids is 2. The topological polar surface area (TPSA) is 84.7 Å². The molecular formula is C19H30ClN3O3. The van der Waals surface area contributed by atoms with Crippen LogP contribution in [0.5, 0.6) is 5.75 Å². The van der Waals surface area contributed by atoms with Crippen molar-refractivity contribution in [2.45, 2.75) is 32.6 Å². The molecule has 1 aliphatic heterocycles. The standard InChI is InChI=1S/C19H29N3O3.ClH/c1-14(2)15-5-7-17(8-6-15)25-13-18(23)22-11-3-4-16(12-22)19(24)21-10-9-20;/h5-8,14,16H,3-4,9-13,20H2,1-2H3,(H,21,24);1H. The molecule has 1 saturated heterocycles. The molecule has 3 N–H and O–H groups in total. The van der Waals surface area contributed by atoms with E-state index in [1.807, 2.05) is 24.3 Å². The minimum atomic E-state index is -0.158. The van der Waals surface area contributed by atoms with Crippen molar-refractivity contribution in [1.29, 1.82) is 0 Å². The third kappa shape index (κ3) is 6.50. The van der Waals surface area contributed by atoms with Crippen LogP contribution in [0.1, 0.15) is 38.2 Å². The van der Waals surface area contributed by atoms with Gasteiger partial charge in [0.05, 0.1) is 5.92 Å². The zero-order valence-corrected chi connectivity index (χ0v) is 16.4. The number of halogens is 1. The van der Waals surface area contributed by atoms with Crippen LogP contribution >= 0.6 is 12.4 Å². The van der Waals surface area contributed by atoms with Gasteiger partial charge in [-0.1, -0.05) is 26.0 Å². The van der Waals surface area contributed by atoms with Gasteiger partial charge in [-0.3, -0.25) is 9.59 Å². The lowest BCUT2D eigenvalue weighted by atomic mass is 9.97. The van der Waals surface area contributed by atoms with Crippen molar-refractivity contribution < 1.29 is 14.3 Å². The zero-order valence-electron chi connectivity index (χ0n) is 15.6. The van der Waals surface area contributed by atoms with Crippen molar-refractivity contribution in [2.75, 3.05) is 32.8 Å². The Hall–Kier alpha value is -1.79. The first-order valence-electron chi connectivity index (χ1n) is 8.99. The molecule has 0 bridgehead atoms. The van der Waals surface area contributed by atoms with Crippen LogP contribution in [0.3, 0.4) is 0 Å². The van der Waals surface area contributed by atoms with Crippen LogP contribution in [0, 0.1) is 5.92 Å². The summed E-state index contributed by atoms with van der Waals surface area (Å²) >= 11 is 0. The van der Waals surface area contributed by atoms with Crippen LogP contribution in [0.15, 0.2) is 24.3 Å². The van der Waals surface area contributed by atoms with Gasteiger partial charge in [-0.05, 0) is 36.5 Å². The molecule has 0 radical (unpaired) electrons. The molecule has 26 heavy (non-hydrogen) atoms. The maximum atomic E-state index is 12.4. The van der Waals surface area contributed by atoms with Crippen molar-refractivity contribution in [3.8, 4) is 5.75 Å². The van der Waals surface area contributed by atoms with Gasteiger partial charge in [0.15, 0.2) is 6.61 Å². The predicted molar refractivity (Wildman–Crippen MR) is 105 cm³/mol. The molecule has 1 aromatic carbocycles. The number of hydrogen-bond donors (Lipinski definition) is 2. The van der Waals surface area contributed by atoms with Gasteiger partial charge < -0.3 is 20.7 Å². The lowest BCUT2D eigenvalue weighted by Crippen LogP contribution is -2.47. The molecule has 2 rings (SSSR count). The van der Waals surface area contributed by atoms with Gasteiger partial charge in [0.2, 0.25) is 5.91 Å². The van der Waals surface area contributed by atoms with Gasteiger partial charge >= 0.3 is 0 Å². The molecule has 2 amide bonds. The van der Waals surface area contributed by atoms with E-state index in [-0.39, 0.29) is 36.7 Å². The highest BCUT2D eigenvalue weighted by Gasteiger charge is 2.28. The van der Waals surface area contributed by atoms with Crippen molar-refractivity contribution in [3.05, 3.63) is 29.8 Å². The summed E-state index contributed by atoms with van der Waals surface area (Å²) in [6.07, 6.45) is 1.63. The summed E-state index contributed by atoms with van der Waals surface area (Å²) in [6, 6.07) is 7.82. The average Bonchev–Trinajstić information content (AvgIpc) is 2.64. The number of benzene rings is 1. The van der Waals surface area contributed by atoms with Crippen molar-refractivity contribution >= 4 is 24.2 Å². The molecule has 0 aromatic heterocycles. The number of nitrogens with two attached hydrogens (primary N) is 1. The second-order valence-electron chi connectivity index (χ2n) is 6.77. The molecule has 1 fully saturated rings. The van der Waals surface area contributed by atoms with Crippen molar-refractivity contribution in [2.24, 2.45) is 11.7 Å². The Morgan fingerprint density at radius 1 is 1.31 bits per heavy atom. The summed E-state index contributed by atoms with van der Waals surface area (Å²) in [7, 11) is 0. The predicted octanol–water partition coefficient (Wildman–Crippen LogP) is 1.92. The van der Waals surface area contributed by atoms with E-state index in [9.17, 15) is 9.59 Å². The molecule has 1 atom stereocenters. The molecule has 0 saturated carbocycles. The summed E-state index contributed by atoms with van der Waals surface area (Å²) in [5.74, 6) is 0.894. The summed E-state index contributed by atoms with van der Waals surface area (Å²) in [6.45, 7) is 6.28. The van der Waals surface area contributed by atoms with Gasteiger partial charge in [-0.2, -0.15) is 0 Å². The number of amides is 2. The molecule has 0 aliphatic carbocycles. The number of piperidine rings is 1. The smallest absolute Gasteiger partial charge is 0.260 e. The molecule has 1 heterocycles. The third-order valence-corrected chi connectivity index (χ3v) is 4.50. The first-order chi connectivity index (χ1) is 12.0. The minimum absolute atomic E-state index is 0. The monoisotopic (exact) mass is 383 g/mol. The zero-order chi connectivity index (χ0) is 18.2. The van der Waals surface area contributed by atoms with Gasteiger partial charge in [0.25, 0.3) is 5.91 Å². The second-order valence-corrected chi connectivity index (χ2v) is 6.77. The Balaban J connectivity index is 0.00000338. The molecule has 146 valence electrons. The van der Waals surface area contributed by atoms with Crippen LogP contribution in [0.25, 0.3) is 0 Å². The van der Waals surface area contributed by atoms with Crippen molar-refractivity contribution in [3.63, 3.8) is 0 Å². The number of carbonyl (C=O) groups is 2. The van der Waals surface area contributed by atoms with Crippen LogP contribution in [0.2, 0.25) is 0 Å². The SMILES string of the molecule is CC(C)c1ccc(OCC(=O)N2CCCC(C(=O)NCCN)C2)cc1.Cl. The van der Waals surface area contributed by atoms with Gasteiger partial charge in [-0.15, -0.1) is 12.4 Å². The number of ether oxygens (including phenoxy) is 1. The second kappa shape index (κ2) is 11.0. The van der Waals surface area contributed by atoms with E-state index in [2.05, 4.69) is 19.2 Å². The van der Waals surface area contributed by atoms with E-state index in [1.165, 1.54) is 5.56 Å². The van der Waals surface area contributed by atoms with Crippen molar-refractivity contribution in [1.82, 2.24) is 10.2 Å². The molecule has 0 spiro atoms. The molecular weight excluding hydrogens is 354 g/mol. The first kappa shape index (κ1) is 22.3. The number of rotatable bonds is 7. The molecule has 1 aliphatic rings. The van der Waals surface area contributed by atoms with Crippen LogP contribution in [-0.2, 0) is 9.59 Å². The number of nitrogens with one attached hydrogen (secondary N) is 1. The van der Waals surface area contributed by atoms with Gasteiger partial charge in [-0.25, -0.2) is 0 Å². The minimum Gasteiger partial charge on any atom is -0.484 e. The van der Waals surface area contributed by atoms with E-state index < -0.39 is 0 Å². The molecule has 1 aromatic rings. The Morgan fingerprint density at radius 2 is 2.00 bits per heavy atom. The summed E-state index contributed by atoms with van der Waals surface area (Å²) < 4.78 is 5.61. The van der Waals surface area contributed by atoms with Gasteiger partial charge in [0.1, 0.15) is 5.75 Å². The first-order valence-corrected chi connectivity index (χ1v) is 8.99. The van der Waals surface area contributed by atoms with E-state index in [0.29, 0.717) is 37.8 Å². The molecule has 7 heteroatoms. The quantitative estimate of drug-likeness (QED) is 0.753. The summed E-state index contributed by atoms with van der Waals surface area (Å²) in [4.78, 5) is 26.2. The fourth-order valence-electron chi connectivity index (χ4n) is 2.94. The molecule has 1 unspecified atom stereocenters. The van der Waals surface area contributed by atoms with E-state index >= 15 is 0 Å². The van der Waals surface area contributed by atoms with Crippen LogP contribution < -0.4 is 15.8 Å². The maximum absolute atomic E-state index is 12.4. The van der Waals surface area contributed by atoms with E-state index in [0.717, 1.165) is 12.8 Å². The fourth-order valence-corrected chi connectivity index (χ4v) is 2.94. The Morgan fingerprint density at radius 3 is 2.62 bits per heavy atom.